The molecule has 2 rings (SSSR count). The molecule has 1 aromatic heterocycles. The van der Waals surface area contributed by atoms with Gasteiger partial charge in [-0.3, -0.25) is 0 Å². The molecule has 18 heavy (non-hydrogen) atoms. The van der Waals surface area contributed by atoms with Crippen molar-refractivity contribution in [2.45, 2.75) is 26.8 Å². The molecule has 0 aromatic carbocycles. The number of hydrogen-bond acceptors (Lipinski definition) is 6. The number of allylic oxidation sites excluding steroid dienone is 1. The van der Waals surface area contributed by atoms with Gasteiger partial charge in [-0.15, -0.1) is 11.8 Å². The maximum Gasteiger partial charge on any atom is 0.132 e. The zero-order chi connectivity index (χ0) is 13.1. The highest BCUT2D eigenvalue weighted by Gasteiger charge is 2.20. The molecule has 0 fully saturated rings. The van der Waals surface area contributed by atoms with Gasteiger partial charge in [-0.1, -0.05) is 0 Å². The Bertz CT molecular complexity index is 475. The molecular formula is C12H18N4OS. The third-order valence-electron chi connectivity index (χ3n) is 2.99. The third kappa shape index (κ3) is 2.76. The zero-order valence-electron chi connectivity index (χ0n) is 10.7. The van der Waals surface area contributed by atoms with Crippen LogP contribution in [0.15, 0.2) is 16.8 Å². The minimum Gasteiger partial charge on any atom is -0.396 e. The first-order chi connectivity index (χ1) is 8.61. The maximum atomic E-state index is 8.99. The van der Waals surface area contributed by atoms with E-state index in [1.165, 1.54) is 10.6 Å². The van der Waals surface area contributed by atoms with Crippen LogP contribution in [0.5, 0.6) is 0 Å². The second-order valence-corrected chi connectivity index (χ2v) is 5.32. The van der Waals surface area contributed by atoms with Crippen LogP contribution in [0.1, 0.15) is 24.7 Å². The van der Waals surface area contributed by atoms with Crippen LogP contribution < -0.4 is 5.73 Å². The van der Waals surface area contributed by atoms with Gasteiger partial charge < -0.3 is 15.7 Å². The van der Waals surface area contributed by atoms with E-state index in [9.17, 15) is 0 Å². The molecule has 1 aliphatic heterocycles. The molecule has 0 unspecified atom stereocenters. The first-order valence-corrected chi connectivity index (χ1v) is 6.86. The molecule has 0 saturated heterocycles. The Labute approximate surface area is 111 Å². The number of nitrogens with two attached hydrogens (primary N) is 1. The van der Waals surface area contributed by atoms with Gasteiger partial charge in [0.2, 0.25) is 0 Å². The van der Waals surface area contributed by atoms with Crippen LogP contribution >= 0.6 is 11.8 Å². The normalized spacial score (nSPS) is 15.6. The molecule has 1 aliphatic rings. The van der Waals surface area contributed by atoms with Crippen LogP contribution in [-0.4, -0.2) is 32.5 Å². The fraction of sp³-hybridized carbons (Fsp3) is 0.500. The van der Waals surface area contributed by atoms with E-state index in [0.717, 1.165) is 24.4 Å². The number of aliphatic hydroxyl groups is 1. The van der Waals surface area contributed by atoms with Crippen molar-refractivity contribution in [2.75, 3.05) is 18.2 Å². The number of aryl methyl sites for hydroxylation is 1. The Morgan fingerprint density at radius 2 is 2.28 bits per heavy atom. The average Bonchev–Trinajstić information content (AvgIpc) is 2.66. The van der Waals surface area contributed by atoms with Gasteiger partial charge in [0.1, 0.15) is 11.6 Å². The van der Waals surface area contributed by atoms with E-state index in [-0.39, 0.29) is 6.61 Å². The number of nitrogen functional groups attached to an aromatic ring is 1. The summed E-state index contributed by atoms with van der Waals surface area (Å²) in [5, 5.41) is 8.99. The van der Waals surface area contributed by atoms with Crippen LogP contribution in [0.3, 0.4) is 0 Å². The minimum absolute atomic E-state index is 0.198. The third-order valence-corrected chi connectivity index (χ3v) is 4.28. The average molecular weight is 266 g/mol. The van der Waals surface area contributed by atoms with Crippen LogP contribution in [-0.2, 0) is 6.54 Å². The van der Waals surface area contributed by atoms with Crippen molar-refractivity contribution < 1.29 is 5.11 Å². The minimum atomic E-state index is 0.198. The van der Waals surface area contributed by atoms with Gasteiger partial charge in [-0.2, -0.15) is 0 Å². The summed E-state index contributed by atoms with van der Waals surface area (Å²) < 4.78 is 0. The fourth-order valence-electron chi connectivity index (χ4n) is 1.89. The van der Waals surface area contributed by atoms with Crippen molar-refractivity contribution in [1.29, 1.82) is 0 Å². The predicted molar refractivity (Wildman–Crippen MR) is 73.6 cm³/mol. The Morgan fingerprint density at radius 3 is 2.94 bits per heavy atom. The lowest BCUT2D eigenvalue weighted by molar-refractivity contribution is 0.300. The summed E-state index contributed by atoms with van der Waals surface area (Å²) >= 11 is 1.78. The summed E-state index contributed by atoms with van der Waals surface area (Å²) in [7, 11) is 0. The van der Waals surface area contributed by atoms with E-state index in [1.54, 1.807) is 18.0 Å². The molecule has 3 N–H and O–H groups in total. The zero-order valence-corrected chi connectivity index (χ0v) is 11.5. The van der Waals surface area contributed by atoms with Gasteiger partial charge in [-0.05, 0) is 13.8 Å². The summed E-state index contributed by atoms with van der Waals surface area (Å²) in [5.74, 6) is 2.14. The highest BCUT2D eigenvalue weighted by atomic mass is 32.2. The van der Waals surface area contributed by atoms with Crippen molar-refractivity contribution >= 4 is 17.6 Å². The highest BCUT2D eigenvalue weighted by molar-refractivity contribution is 8.03. The molecule has 0 bridgehead atoms. The number of hydrogen-bond donors (Lipinski definition) is 2. The van der Waals surface area contributed by atoms with Crippen molar-refractivity contribution in [3.05, 3.63) is 28.2 Å². The molecule has 0 atom stereocenters. The Balaban J connectivity index is 2.11. The van der Waals surface area contributed by atoms with Crippen LogP contribution in [0.2, 0.25) is 0 Å². The highest BCUT2D eigenvalue weighted by Crippen LogP contribution is 2.34. The van der Waals surface area contributed by atoms with Crippen molar-refractivity contribution in [1.82, 2.24) is 14.9 Å². The number of nitrogens with zero attached hydrogens (tertiary/aromatic N) is 3. The van der Waals surface area contributed by atoms with E-state index in [4.69, 9.17) is 10.8 Å². The molecule has 0 aliphatic carbocycles. The monoisotopic (exact) mass is 266 g/mol. The molecule has 98 valence electrons. The van der Waals surface area contributed by atoms with E-state index in [0.29, 0.717) is 11.6 Å². The molecule has 2 heterocycles. The topological polar surface area (TPSA) is 75.3 Å². The van der Waals surface area contributed by atoms with Gasteiger partial charge in [-0.25, -0.2) is 9.97 Å². The lowest BCUT2D eigenvalue weighted by Crippen LogP contribution is -2.18. The molecule has 6 heteroatoms. The molecule has 0 saturated carbocycles. The summed E-state index contributed by atoms with van der Waals surface area (Å²) in [6, 6.07) is 0. The Hall–Kier alpha value is -1.27. The summed E-state index contributed by atoms with van der Waals surface area (Å²) in [6.45, 7) is 4.83. The van der Waals surface area contributed by atoms with Crippen molar-refractivity contribution in [3.8, 4) is 0 Å². The van der Waals surface area contributed by atoms with Crippen LogP contribution in [0, 0.1) is 6.92 Å². The van der Waals surface area contributed by atoms with Gasteiger partial charge in [0, 0.05) is 41.9 Å². The Morgan fingerprint density at radius 1 is 1.50 bits per heavy atom. The Kier molecular flexibility index (Phi) is 4.08. The van der Waals surface area contributed by atoms with E-state index in [1.807, 2.05) is 6.92 Å². The molecule has 5 nitrogen and oxygen atoms in total. The second-order valence-electron chi connectivity index (χ2n) is 4.28. The number of aliphatic hydroxyl groups excluding tert-OH is 1. The largest absolute Gasteiger partial charge is 0.396 e. The smallest absolute Gasteiger partial charge is 0.132 e. The summed E-state index contributed by atoms with van der Waals surface area (Å²) in [6.07, 6.45) is 2.52. The lowest BCUT2D eigenvalue weighted by atomic mass is 10.2. The maximum absolute atomic E-state index is 8.99. The second kappa shape index (κ2) is 5.58. The summed E-state index contributed by atoms with van der Waals surface area (Å²) in [5.41, 5.74) is 8.06. The van der Waals surface area contributed by atoms with Crippen molar-refractivity contribution in [2.24, 2.45) is 0 Å². The van der Waals surface area contributed by atoms with E-state index in [2.05, 4.69) is 21.8 Å². The molecule has 1 aromatic rings. The van der Waals surface area contributed by atoms with E-state index < -0.39 is 0 Å². The summed E-state index contributed by atoms with van der Waals surface area (Å²) in [4.78, 5) is 11.8. The number of anilines is 1. The fourth-order valence-corrected chi connectivity index (χ4v) is 3.06. The van der Waals surface area contributed by atoms with Gasteiger partial charge >= 0.3 is 0 Å². The van der Waals surface area contributed by atoms with Crippen molar-refractivity contribution in [3.63, 3.8) is 0 Å². The SMILES string of the molecule is CC1=C(CCO)SCN1Cc1cnc(C)nc1N. The van der Waals surface area contributed by atoms with Gasteiger partial charge in [0.25, 0.3) is 0 Å². The van der Waals surface area contributed by atoms with Crippen LogP contribution in [0.25, 0.3) is 0 Å². The van der Waals surface area contributed by atoms with Gasteiger partial charge in [0.15, 0.2) is 0 Å². The molecule has 0 spiro atoms. The molecule has 0 amide bonds. The standard InChI is InChI=1S/C12H18N4OS/c1-8-11(3-4-17)18-7-16(8)6-10-5-14-9(2)15-12(10)13/h5,17H,3-4,6-7H2,1-2H3,(H2,13,14,15). The molecular weight excluding hydrogens is 248 g/mol. The van der Waals surface area contributed by atoms with Crippen LogP contribution in [0.4, 0.5) is 5.82 Å². The quantitative estimate of drug-likeness (QED) is 0.860. The number of thioether (sulfide) groups is 1. The first-order valence-electron chi connectivity index (χ1n) is 5.88. The first kappa shape index (κ1) is 13.2. The number of rotatable bonds is 4. The molecule has 0 radical (unpaired) electrons. The number of aromatic nitrogens is 2. The van der Waals surface area contributed by atoms with Gasteiger partial charge in [0.05, 0.1) is 5.88 Å². The predicted octanol–water partition coefficient (Wildman–Crippen LogP) is 1.49. The van der Waals surface area contributed by atoms with E-state index >= 15 is 0 Å². The lowest BCUT2D eigenvalue weighted by Gasteiger charge is -2.19.